The van der Waals surface area contributed by atoms with E-state index in [2.05, 4.69) is 0 Å². The average molecular weight is 208 g/mol. The molecule has 0 radical (unpaired) electrons. The zero-order valence-electron chi connectivity index (χ0n) is 4.46. The van der Waals surface area contributed by atoms with Gasteiger partial charge in [0.25, 0.3) is 0 Å². The molecule has 0 saturated heterocycles. The van der Waals surface area contributed by atoms with Crippen molar-refractivity contribution in [2.75, 3.05) is 0 Å². The van der Waals surface area contributed by atoms with Gasteiger partial charge >= 0.3 is 6.43 Å². The van der Waals surface area contributed by atoms with Gasteiger partial charge in [0.05, 0.1) is 0 Å². The summed E-state index contributed by atoms with van der Waals surface area (Å²) in [5.74, 6) is 0. The lowest BCUT2D eigenvalue weighted by Gasteiger charge is -1.82. The Hall–Kier alpha value is -0.700. The number of rotatable bonds is 0. The Bertz CT molecular complexity index is 20.3. The Morgan fingerprint density at radius 2 is 0.455 bits per heavy atom. The van der Waals surface area contributed by atoms with Gasteiger partial charge in [-0.3, -0.25) is 28.2 Å². The van der Waals surface area contributed by atoms with Crippen molar-refractivity contribution in [2.24, 2.45) is 0 Å². The third-order valence-corrected chi connectivity index (χ3v) is 0. The van der Waals surface area contributed by atoms with E-state index in [0.717, 1.165) is 0 Å². The van der Waals surface area contributed by atoms with Crippen molar-refractivity contribution in [2.45, 2.75) is 6.43 Å². The fourth-order valence-corrected chi connectivity index (χ4v) is 0. The van der Waals surface area contributed by atoms with Crippen LogP contribution in [0, 0.1) is 0 Å². The minimum atomic E-state index is -5.50. The molecule has 10 heteroatoms. The standard InChI is InChI=1S/CF4.6FH/c2-1(3,4)5;;;;;;/h;6*1H. The fourth-order valence-electron chi connectivity index (χ4n) is 0. The van der Waals surface area contributed by atoms with Crippen LogP contribution in [0.3, 0.4) is 0 Å². The highest BCUT2D eigenvalue weighted by atomic mass is 19.5. The molecule has 0 aliphatic carbocycles. The van der Waals surface area contributed by atoms with Gasteiger partial charge in [-0.05, 0) is 0 Å². The van der Waals surface area contributed by atoms with Crippen molar-refractivity contribution >= 4 is 0 Å². The van der Waals surface area contributed by atoms with Gasteiger partial charge < -0.3 is 0 Å². The summed E-state index contributed by atoms with van der Waals surface area (Å²) in [5.41, 5.74) is 0. The van der Waals surface area contributed by atoms with E-state index in [1.54, 1.807) is 0 Å². The molecule has 80 valence electrons. The van der Waals surface area contributed by atoms with Gasteiger partial charge in [-0.1, -0.05) is 0 Å². The smallest absolute Gasteiger partial charge is 0.269 e. The van der Waals surface area contributed by atoms with Crippen LogP contribution < -0.4 is 0 Å². The summed E-state index contributed by atoms with van der Waals surface area (Å²) in [6, 6.07) is 0. The molecule has 0 aromatic rings. The zero-order valence-corrected chi connectivity index (χ0v) is 4.46. The van der Waals surface area contributed by atoms with Crippen LogP contribution in [0.1, 0.15) is 0 Å². The second-order valence-corrected chi connectivity index (χ2v) is 0.429. The quantitative estimate of drug-likeness (QED) is 0.536. The molecule has 11 heavy (non-hydrogen) atoms. The predicted molar refractivity (Wildman–Crippen MR) is 22.2 cm³/mol. The number of halogens is 10. The minimum absolute atomic E-state index is 0. The van der Waals surface area contributed by atoms with E-state index < -0.39 is 6.43 Å². The predicted octanol–water partition coefficient (Wildman–Crippen LogP) is 2.39. The van der Waals surface area contributed by atoms with Gasteiger partial charge in [0, 0.05) is 0 Å². The van der Waals surface area contributed by atoms with Crippen molar-refractivity contribution in [3.05, 3.63) is 0 Å². The number of hydrogen-bond acceptors (Lipinski definition) is 0. The Morgan fingerprint density at radius 3 is 0.455 bits per heavy atom. The first kappa shape index (κ1) is 81.8. The molecule has 0 aromatic heterocycles. The van der Waals surface area contributed by atoms with E-state index in [4.69, 9.17) is 0 Å². The van der Waals surface area contributed by atoms with Crippen molar-refractivity contribution in [1.29, 1.82) is 0 Å². The van der Waals surface area contributed by atoms with Crippen LogP contribution in [0.5, 0.6) is 0 Å². The summed E-state index contributed by atoms with van der Waals surface area (Å²) in [6.45, 7) is 0. The summed E-state index contributed by atoms with van der Waals surface area (Å²) in [7, 11) is 0. The van der Waals surface area contributed by atoms with Gasteiger partial charge in [0.1, 0.15) is 0 Å². The molecule has 0 rings (SSSR count). The van der Waals surface area contributed by atoms with Gasteiger partial charge in [-0.25, -0.2) is 0 Å². The third-order valence-electron chi connectivity index (χ3n) is 0. The van der Waals surface area contributed by atoms with Crippen LogP contribution in [0.15, 0.2) is 0 Å². The lowest BCUT2D eigenvalue weighted by molar-refractivity contribution is -0.237. The van der Waals surface area contributed by atoms with Gasteiger partial charge in [-0.15, -0.1) is 17.6 Å². The first-order valence-corrected chi connectivity index (χ1v) is 0.756. The van der Waals surface area contributed by atoms with Crippen LogP contribution >= 0.6 is 0 Å². The molecule has 0 spiro atoms. The first-order valence-electron chi connectivity index (χ1n) is 0.756. The van der Waals surface area contributed by atoms with Crippen molar-refractivity contribution in [3.63, 3.8) is 0 Å². The highest BCUT2D eigenvalue weighted by Crippen LogP contribution is 2.13. The molecule has 0 N–H and O–H groups in total. The zero-order chi connectivity index (χ0) is 4.50. The van der Waals surface area contributed by atoms with Crippen molar-refractivity contribution in [1.82, 2.24) is 0 Å². The largest absolute Gasteiger partial charge is 0.559 e. The first-order chi connectivity index (χ1) is 2.00. The minimum Gasteiger partial charge on any atom is -0.269 e. The van der Waals surface area contributed by atoms with E-state index in [1.807, 2.05) is 0 Å². The van der Waals surface area contributed by atoms with Crippen LogP contribution in [-0.2, 0) is 0 Å². The number of hydrogen-bond donors (Lipinski definition) is 0. The maximum Gasteiger partial charge on any atom is 0.559 e. The lowest BCUT2D eigenvalue weighted by Crippen LogP contribution is -1.92. The van der Waals surface area contributed by atoms with Gasteiger partial charge in [0.15, 0.2) is 0 Å². The lowest BCUT2D eigenvalue weighted by atomic mass is 11.5. The molecule has 0 unspecified atom stereocenters. The Morgan fingerprint density at radius 1 is 0.455 bits per heavy atom. The Labute approximate surface area is 53.8 Å². The van der Waals surface area contributed by atoms with E-state index in [-0.39, 0.29) is 28.2 Å². The molecule has 0 amide bonds. The van der Waals surface area contributed by atoms with Gasteiger partial charge in [-0.2, -0.15) is 0 Å². The molecule has 0 nitrogen and oxygen atoms in total. The summed E-state index contributed by atoms with van der Waals surface area (Å²) >= 11 is 0. The topological polar surface area (TPSA) is 0 Å². The van der Waals surface area contributed by atoms with Crippen LogP contribution in [0.2, 0.25) is 0 Å². The van der Waals surface area contributed by atoms with Crippen molar-refractivity contribution < 1.29 is 45.8 Å². The highest BCUT2D eigenvalue weighted by molar-refractivity contribution is 4.08. The molecule has 0 aliphatic rings. The molecule has 0 heterocycles. The van der Waals surface area contributed by atoms with E-state index in [9.17, 15) is 17.6 Å². The Balaban J connectivity index is -0.00000000533. The third kappa shape index (κ3) is 1010. The monoisotopic (exact) mass is 208 g/mol. The highest BCUT2D eigenvalue weighted by Gasteiger charge is 2.24. The summed E-state index contributed by atoms with van der Waals surface area (Å²) in [5, 5.41) is 0. The molecule has 0 aromatic carbocycles. The maximum atomic E-state index is 9.69. The molecule has 0 aliphatic heterocycles. The second kappa shape index (κ2) is 22.8. The molecule has 0 saturated carbocycles. The van der Waals surface area contributed by atoms with Crippen LogP contribution in [-0.4, -0.2) is 6.43 Å². The molecule has 0 bridgehead atoms. The molecular formula is CH6F10. The summed E-state index contributed by atoms with van der Waals surface area (Å²) < 4.78 is 38.8. The van der Waals surface area contributed by atoms with Crippen molar-refractivity contribution in [3.8, 4) is 0 Å². The maximum absolute atomic E-state index is 9.69. The molecule has 0 atom stereocenters. The normalized spacial score (nSPS) is 5.45. The summed E-state index contributed by atoms with van der Waals surface area (Å²) in [6.07, 6.45) is -5.50. The van der Waals surface area contributed by atoms with Gasteiger partial charge in [0.2, 0.25) is 0 Å². The average Bonchev–Trinajstić information content (AvgIpc) is 0.722. The second-order valence-electron chi connectivity index (χ2n) is 0.429. The van der Waals surface area contributed by atoms with E-state index >= 15 is 0 Å². The molecule has 0 fully saturated rings. The van der Waals surface area contributed by atoms with E-state index in [0.29, 0.717) is 0 Å². The van der Waals surface area contributed by atoms with E-state index in [1.165, 1.54) is 0 Å². The van der Waals surface area contributed by atoms with Crippen LogP contribution in [0.4, 0.5) is 45.8 Å². The summed E-state index contributed by atoms with van der Waals surface area (Å²) in [4.78, 5) is 0. The molecular weight excluding hydrogens is 202 g/mol. The SMILES string of the molecule is F.F.F.F.F.F.FC(F)(F)F. The number of alkyl halides is 4. The fraction of sp³-hybridized carbons (Fsp3) is 1.00. The Kier molecular flexibility index (Phi) is 170. The van der Waals surface area contributed by atoms with Crippen LogP contribution in [0.25, 0.3) is 0 Å².